The minimum absolute atomic E-state index is 0.0751. The molecule has 0 radical (unpaired) electrons. The summed E-state index contributed by atoms with van der Waals surface area (Å²) in [6, 6.07) is 9.56. The molecule has 4 rings (SSSR count). The third kappa shape index (κ3) is 2.76. The molecule has 0 fully saturated rings. The summed E-state index contributed by atoms with van der Waals surface area (Å²) in [4.78, 5) is 31.3. The summed E-state index contributed by atoms with van der Waals surface area (Å²) < 4.78 is 13.3. The normalized spacial score (nSPS) is 20.7. The summed E-state index contributed by atoms with van der Waals surface area (Å²) in [5.41, 5.74) is 2.96. The van der Waals surface area contributed by atoms with Gasteiger partial charge in [-0.2, -0.15) is 0 Å². The molecule has 0 spiro atoms. The predicted octanol–water partition coefficient (Wildman–Crippen LogP) is 3.75. The number of halogens is 1. The largest absolute Gasteiger partial charge is 0.294 e. The number of Topliss-reactive ketones (excluding diaryl/α,β-unsaturated/α-hetero) is 1. The van der Waals surface area contributed by atoms with Crippen molar-refractivity contribution < 1.29 is 14.0 Å². The van der Waals surface area contributed by atoms with Crippen molar-refractivity contribution in [2.75, 3.05) is 4.90 Å². The van der Waals surface area contributed by atoms with Crippen molar-refractivity contribution in [3.8, 4) is 0 Å². The molecule has 1 aromatic carbocycles. The second kappa shape index (κ2) is 6.24. The summed E-state index contributed by atoms with van der Waals surface area (Å²) in [7, 11) is 0. The first kappa shape index (κ1) is 15.7. The molecule has 126 valence electrons. The van der Waals surface area contributed by atoms with Crippen LogP contribution in [0.3, 0.4) is 0 Å². The average Bonchev–Trinajstić information content (AvgIpc) is 2.63. The number of carbonyl (C=O) groups is 2. The van der Waals surface area contributed by atoms with E-state index in [1.807, 2.05) is 12.1 Å². The third-order valence-electron chi connectivity index (χ3n) is 4.85. The van der Waals surface area contributed by atoms with Gasteiger partial charge in [-0.25, -0.2) is 4.39 Å². The maximum Gasteiger partial charge on any atom is 0.232 e. The highest BCUT2D eigenvalue weighted by molar-refractivity contribution is 6.07. The Morgan fingerprint density at radius 3 is 2.60 bits per heavy atom. The summed E-state index contributed by atoms with van der Waals surface area (Å²) in [6.45, 7) is 0. The van der Waals surface area contributed by atoms with Gasteiger partial charge in [-0.3, -0.25) is 19.5 Å². The van der Waals surface area contributed by atoms with Crippen LogP contribution in [-0.2, 0) is 9.59 Å². The number of hydrogen-bond acceptors (Lipinski definition) is 3. The number of rotatable bonds is 2. The molecule has 4 nitrogen and oxygen atoms in total. The Morgan fingerprint density at radius 2 is 1.88 bits per heavy atom. The molecule has 0 N–H and O–H groups in total. The molecular weight excluding hydrogens is 319 g/mol. The van der Waals surface area contributed by atoms with Gasteiger partial charge in [-0.15, -0.1) is 0 Å². The molecule has 0 saturated carbocycles. The average molecular weight is 336 g/mol. The first-order valence-corrected chi connectivity index (χ1v) is 8.40. The Kier molecular flexibility index (Phi) is 3.92. The molecule has 1 amide bonds. The first-order chi connectivity index (χ1) is 12.1. The van der Waals surface area contributed by atoms with Crippen LogP contribution in [0.25, 0.3) is 0 Å². The number of anilines is 1. The number of hydrogen-bond donors (Lipinski definition) is 0. The molecule has 5 heteroatoms. The quantitative estimate of drug-likeness (QED) is 0.839. The van der Waals surface area contributed by atoms with Gasteiger partial charge in [0.1, 0.15) is 5.82 Å². The topological polar surface area (TPSA) is 50.3 Å². The van der Waals surface area contributed by atoms with Crippen LogP contribution in [0.1, 0.15) is 37.2 Å². The summed E-state index contributed by atoms with van der Waals surface area (Å²) >= 11 is 0. The number of ketones is 1. The van der Waals surface area contributed by atoms with E-state index in [-0.39, 0.29) is 29.8 Å². The fraction of sp³-hybridized carbons (Fsp3) is 0.250. The van der Waals surface area contributed by atoms with Crippen molar-refractivity contribution in [3.63, 3.8) is 0 Å². The van der Waals surface area contributed by atoms with E-state index in [1.165, 1.54) is 12.1 Å². The maximum absolute atomic E-state index is 13.3. The molecule has 0 saturated heterocycles. The highest BCUT2D eigenvalue weighted by Crippen LogP contribution is 2.43. The van der Waals surface area contributed by atoms with Crippen molar-refractivity contribution in [3.05, 3.63) is 71.4 Å². The van der Waals surface area contributed by atoms with Crippen LogP contribution in [0.5, 0.6) is 0 Å². The van der Waals surface area contributed by atoms with Crippen LogP contribution in [0.2, 0.25) is 0 Å². The molecule has 25 heavy (non-hydrogen) atoms. The number of benzene rings is 1. The number of amides is 1. The highest BCUT2D eigenvalue weighted by atomic mass is 19.1. The van der Waals surface area contributed by atoms with Gasteiger partial charge in [-0.05, 0) is 48.7 Å². The van der Waals surface area contributed by atoms with E-state index in [2.05, 4.69) is 4.98 Å². The van der Waals surface area contributed by atoms with Crippen molar-refractivity contribution in [1.82, 2.24) is 4.98 Å². The number of allylic oxidation sites excluding steroid dienone is 2. The second-order valence-corrected chi connectivity index (χ2v) is 6.39. The van der Waals surface area contributed by atoms with Gasteiger partial charge in [0.2, 0.25) is 5.91 Å². The zero-order valence-electron chi connectivity index (χ0n) is 13.6. The fourth-order valence-corrected chi connectivity index (χ4v) is 3.75. The van der Waals surface area contributed by atoms with Crippen molar-refractivity contribution in [2.24, 2.45) is 0 Å². The van der Waals surface area contributed by atoms with Gasteiger partial charge in [-0.1, -0.05) is 6.07 Å². The van der Waals surface area contributed by atoms with E-state index in [0.29, 0.717) is 24.1 Å². The Bertz CT molecular complexity index is 859. The Balaban J connectivity index is 1.85. The standard InChI is InChI=1S/C20H17FN2O2/c21-14-6-8-15(9-7-14)23-17-4-1-5-18(24)20(17)16(11-19(23)25)13-3-2-10-22-12-13/h2-3,6-10,12,16H,1,4-5,11H2/t16-/m0/s1. The summed E-state index contributed by atoms with van der Waals surface area (Å²) in [5, 5.41) is 0. The highest BCUT2D eigenvalue weighted by Gasteiger charge is 2.39. The Labute approximate surface area is 145 Å². The van der Waals surface area contributed by atoms with Gasteiger partial charge in [0.25, 0.3) is 0 Å². The SMILES string of the molecule is O=C1CCCC2=C1[C@H](c1cccnc1)CC(=O)N2c1ccc(F)cc1. The van der Waals surface area contributed by atoms with Crippen LogP contribution >= 0.6 is 0 Å². The van der Waals surface area contributed by atoms with E-state index < -0.39 is 0 Å². The van der Waals surface area contributed by atoms with Crippen LogP contribution in [0.4, 0.5) is 10.1 Å². The van der Waals surface area contributed by atoms with E-state index in [1.54, 1.807) is 29.4 Å². The third-order valence-corrected chi connectivity index (χ3v) is 4.85. The number of pyridine rings is 1. The van der Waals surface area contributed by atoms with Crippen molar-refractivity contribution in [2.45, 2.75) is 31.6 Å². The van der Waals surface area contributed by atoms with Crippen molar-refractivity contribution >= 4 is 17.4 Å². The molecule has 2 heterocycles. The molecular formula is C20H17FN2O2. The van der Waals surface area contributed by atoms with Crippen molar-refractivity contribution in [1.29, 1.82) is 0 Å². The van der Waals surface area contributed by atoms with Gasteiger partial charge in [0.05, 0.1) is 0 Å². The molecule has 0 unspecified atom stereocenters. The van der Waals surface area contributed by atoms with Crippen LogP contribution in [0, 0.1) is 5.82 Å². The van der Waals surface area contributed by atoms with Gasteiger partial charge >= 0.3 is 0 Å². The first-order valence-electron chi connectivity index (χ1n) is 8.40. The molecule has 1 aromatic heterocycles. The molecule has 1 aliphatic carbocycles. The molecule has 1 atom stereocenters. The predicted molar refractivity (Wildman–Crippen MR) is 91.4 cm³/mol. The smallest absolute Gasteiger partial charge is 0.232 e. The minimum atomic E-state index is -0.352. The number of carbonyl (C=O) groups excluding carboxylic acids is 2. The fourth-order valence-electron chi connectivity index (χ4n) is 3.75. The van der Waals surface area contributed by atoms with E-state index >= 15 is 0 Å². The molecule has 0 bridgehead atoms. The summed E-state index contributed by atoms with van der Waals surface area (Å²) in [6.07, 6.45) is 5.51. The zero-order valence-corrected chi connectivity index (χ0v) is 13.6. The Hall–Kier alpha value is -2.82. The summed E-state index contributed by atoms with van der Waals surface area (Å²) in [5.74, 6) is -0.584. The minimum Gasteiger partial charge on any atom is -0.294 e. The van der Waals surface area contributed by atoms with Gasteiger partial charge < -0.3 is 0 Å². The van der Waals surface area contributed by atoms with E-state index in [9.17, 15) is 14.0 Å². The lowest BCUT2D eigenvalue weighted by molar-refractivity contribution is -0.119. The second-order valence-electron chi connectivity index (χ2n) is 6.39. The lowest BCUT2D eigenvalue weighted by Crippen LogP contribution is -2.40. The maximum atomic E-state index is 13.3. The van der Waals surface area contributed by atoms with Crippen LogP contribution in [0.15, 0.2) is 60.1 Å². The number of nitrogens with zero attached hydrogens (tertiary/aromatic N) is 2. The molecule has 1 aliphatic heterocycles. The molecule has 2 aromatic rings. The van der Waals surface area contributed by atoms with Crippen LogP contribution in [-0.4, -0.2) is 16.7 Å². The number of aromatic nitrogens is 1. The van der Waals surface area contributed by atoms with Crippen LogP contribution < -0.4 is 4.90 Å². The Morgan fingerprint density at radius 1 is 1.08 bits per heavy atom. The van der Waals surface area contributed by atoms with Gasteiger partial charge in [0.15, 0.2) is 5.78 Å². The zero-order chi connectivity index (χ0) is 17.4. The van der Waals surface area contributed by atoms with Gasteiger partial charge in [0, 0.05) is 48.1 Å². The van der Waals surface area contributed by atoms with E-state index in [4.69, 9.17) is 0 Å². The lowest BCUT2D eigenvalue weighted by atomic mass is 9.77. The molecule has 2 aliphatic rings. The lowest BCUT2D eigenvalue weighted by Gasteiger charge is -2.38. The van der Waals surface area contributed by atoms with E-state index in [0.717, 1.165) is 17.7 Å². The monoisotopic (exact) mass is 336 g/mol.